The summed E-state index contributed by atoms with van der Waals surface area (Å²) in [7, 11) is 0. The van der Waals surface area contributed by atoms with Crippen LogP contribution in [0.4, 0.5) is 0 Å². The van der Waals surface area contributed by atoms with Crippen molar-refractivity contribution in [2.75, 3.05) is 13.1 Å². The first-order valence-corrected chi connectivity index (χ1v) is 7.78. The molecule has 3 aliphatic rings. The third kappa shape index (κ3) is 3.50. The Balaban J connectivity index is 0.00000161. The van der Waals surface area contributed by atoms with Gasteiger partial charge in [0.1, 0.15) is 6.04 Å². The maximum absolute atomic E-state index is 12.1. The monoisotopic (exact) mass is 313 g/mol. The van der Waals surface area contributed by atoms with E-state index in [1.165, 1.54) is 0 Å². The molecule has 1 aliphatic heterocycles. The van der Waals surface area contributed by atoms with Crippen LogP contribution in [0.25, 0.3) is 0 Å². The van der Waals surface area contributed by atoms with Gasteiger partial charge in [0.05, 0.1) is 18.7 Å². The van der Waals surface area contributed by atoms with Gasteiger partial charge in [-0.25, -0.2) is 0 Å². The Morgan fingerprint density at radius 3 is 2.57 bits per heavy atom. The summed E-state index contributed by atoms with van der Waals surface area (Å²) in [5.74, 6) is 1.33. The van der Waals surface area contributed by atoms with E-state index < -0.39 is 0 Å². The zero-order valence-electron chi connectivity index (χ0n) is 12.2. The Kier molecular flexibility index (Phi) is 5.48. The third-order valence-corrected chi connectivity index (χ3v) is 5.25. The van der Waals surface area contributed by atoms with Crippen LogP contribution in [-0.2, 0) is 4.79 Å². The molecule has 1 heterocycles. The largest absolute Gasteiger partial charge is 0.393 e. The maximum Gasteiger partial charge on any atom is 0.237 e. The van der Waals surface area contributed by atoms with Crippen LogP contribution in [-0.4, -0.2) is 47.2 Å². The molecule has 1 saturated heterocycles. The van der Waals surface area contributed by atoms with Gasteiger partial charge in [0, 0.05) is 12.6 Å². The van der Waals surface area contributed by atoms with Crippen LogP contribution in [0.2, 0.25) is 0 Å². The third-order valence-electron chi connectivity index (χ3n) is 5.25. The number of nitrogens with zero attached hydrogens (tertiary/aromatic N) is 2. The fourth-order valence-corrected chi connectivity index (χ4v) is 4.28. The number of rotatable bonds is 3. The average Bonchev–Trinajstić information content (AvgIpc) is 3.08. The highest BCUT2D eigenvalue weighted by atomic mass is 35.5. The van der Waals surface area contributed by atoms with Crippen LogP contribution in [0, 0.1) is 23.2 Å². The minimum absolute atomic E-state index is 0. The lowest BCUT2D eigenvalue weighted by atomic mass is 10.0. The molecule has 2 N–H and O–H groups in total. The van der Waals surface area contributed by atoms with Crippen molar-refractivity contribution in [3.05, 3.63) is 0 Å². The van der Waals surface area contributed by atoms with Crippen LogP contribution < -0.4 is 5.32 Å². The molecule has 0 bridgehead atoms. The van der Waals surface area contributed by atoms with Crippen molar-refractivity contribution >= 4 is 18.3 Å². The number of fused-ring (bicyclic) bond motifs is 1. The van der Waals surface area contributed by atoms with E-state index in [9.17, 15) is 9.90 Å². The lowest BCUT2D eigenvalue weighted by Crippen LogP contribution is -2.43. The Hall–Kier alpha value is -0.830. The van der Waals surface area contributed by atoms with Gasteiger partial charge in [0.15, 0.2) is 0 Å². The molecule has 118 valence electrons. The van der Waals surface area contributed by atoms with E-state index in [4.69, 9.17) is 5.26 Å². The number of aliphatic hydroxyl groups is 1. The number of aliphatic hydroxyl groups excluding tert-OH is 1. The molecule has 0 aromatic carbocycles. The van der Waals surface area contributed by atoms with E-state index >= 15 is 0 Å². The molecule has 3 fully saturated rings. The number of amides is 1. The zero-order valence-corrected chi connectivity index (χ0v) is 13.0. The summed E-state index contributed by atoms with van der Waals surface area (Å²) in [6, 6.07) is 2.40. The number of halogens is 1. The van der Waals surface area contributed by atoms with Gasteiger partial charge in [0.2, 0.25) is 5.91 Å². The van der Waals surface area contributed by atoms with Gasteiger partial charge in [-0.15, -0.1) is 12.4 Å². The quantitative estimate of drug-likeness (QED) is 0.817. The summed E-state index contributed by atoms with van der Waals surface area (Å²) in [5, 5.41) is 22.0. The molecule has 0 radical (unpaired) electrons. The van der Waals surface area contributed by atoms with Crippen LogP contribution >= 0.6 is 12.4 Å². The topological polar surface area (TPSA) is 76.4 Å². The van der Waals surface area contributed by atoms with Crippen molar-refractivity contribution in [3.63, 3.8) is 0 Å². The Morgan fingerprint density at radius 2 is 1.95 bits per heavy atom. The number of nitriles is 1. The molecule has 1 amide bonds. The summed E-state index contributed by atoms with van der Waals surface area (Å²) in [6.45, 7) is 1.08. The number of likely N-dealkylation sites (tertiary alicyclic amines) is 1. The second-order valence-electron chi connectivity index (χ2n) is 6.57. The van der Waals surface area contributed by atoms with Crippen molar-refractivity contribution in [1.29, 1.82) is 5.26 Å². The number of carbonyl (C=O) groups excluding carboxylic acids is 1. The predicted octanol–water partition coefficient (Wildman–Crippen LogP) is 1.06. The molecular weight excluding hydrogens is 290 g/mol. The predicted molar refractivity (Wildman–Crippen MR) is 80.8 cm³/mol. The Labute approximate surface area is 132 Å². The molecule has 0 aromatic heterocycles. The SMILES string of the molecule is Cl.N#CC1CCCN1C(=O)CNC1CC2CC(O)CC2C1. The lowest BCUT2D eigenvalue weighted by molar-refractivity contribution is -0.130. The van der Waals surface area contributed by atoms with Crippen LogP contribution in [0.15, 0.2) is 0 Å². The van der Waals surface area contributed by atoms with Crippen molar-refractivity contribution < 1.29 is 9.90 Å². The first-order valence-electron chi connectivity index (χ1n) is 7.78. The van der Waals surface area contributed by atoms with Crippen LogP contribution in [0.5, 0.6) is 0 Å². The molecule has 2 aliphatic carbocycles. The number of hydrogen-bond donors (Lipinski definition) is 2. The van der Waals surface area contributed by atoms with E-state index in [0.29, 0.717) is 24.4 Å². The van der Waals surface area contributed by atoms with Gasteiger partial charge in [-0.3, -0.25) is 4.79 Å². The summed E-state index contributed by atoms with van der Waals surface area (Å²) < 4.78 is 0. The standard InChI is InChI=1S/C15H23N3O2.ClH/c16-8-13-2-1-3-18(13)15(20)9-17-12-4-10-6-14(19)7-11(10)5-12;/h10-14,17,19H,1-7,9H2;1H. The molecule has 0 aromatic rings. The van der Waals surface area contributed by atoms with Crippen molar-refractivity contribution in [2.24, 2.45) is 11.8 Å². The Morgan fingerprint density at radius 1 is 1.29 bits per heavy atom. The van der Waals surface area contributed by atoms with Gasteiger partial charge in [-0.2, -0.15) is 5.26 Å². The fraction of sp³-hybridized carbons (Fsp3) is 0.867. The van der Waals surface area contributed by atoms with E-state index in [2.05, 4.69) is 11.4 Å². The van der Waals surface area contributed by atoms with E-state index in [1.54, 1.807) is 4.90 Å². The molecule has 21 heavy (non-hydrogen) atoms. The summed E-state index contributed by atoms with van der Waals surface area (Å²) >= 11 is 0. The number of hydrogen-bond acceptors (Lipinski definition) is 4. The molecule has 3 unspecified atom stereocenters. The van der Waals surface area contributed by atoms with Gasteiger partial charge in [-0.1, -0.05) is 0 Å². The molecule has 6 heteroatoms. The highest BCUT2D eigenvalue weighted by Gasteiger charge is 2.41. The van der Waals surface area contributed by atoms with Crippen molar-refractivity contribution in [2.45, 2.75) is 56.7 Å². The van der Waals surface area contributed by atoms with Gasteiger partial charge in [0.25, 0.3) is 0 Å². The molecule has 2 saturated carbocycles. The molecule has 5 nitrogen and oxygen atoms in total. The van der Waals surface area contributed by atoms with E-state index in [1.807, 2.05) is 0 Å². The second-order valence-corrected chi connectivity index (χ2v) is 6.57. The smallest absolute Gasteiger partial charge is 0.237 e. The van der Waals surface area contributed by atoms with Gasteiger partial charge < -0.3 is 15.3 Å². The Bertz CT molecular complexity index is 412. The normalized spacial score (nSPS) is 37.9. The van der Waals surface area contributed by atoms with E-state index in [-0.39, 0.29) is 30.5 Å². The second kappa shape index (κ2) is 6.95. The van der Waals surface area contributed by atoms with Crippen LogP contribution in [0.1, 0.15) is 38.5 Å². The molecule has 3 atom stereocenters. The zero-order chi connectivity index (χ0) is 14.1. The first kappa shape index (κ1) is 16.5. The number of nitrogens with one attached hydrogen (secondary N) is 1. The highest BCUT2D eigenvalue weighted by molar-refractivity contribution is 5.85. The van der Waals surface area contributed by atoms with Gasteiger partial charge >= 0.3 is 0 Å². The summed E-state index contributed by atoms with van der Waals surface area (Å²) in [6.07, 6.45) is 5.67. The number of carbonyl (C=O) groups is 1. The molecule has 3 rings (SSSR count). The fourth-order valence-electron chi connectivity index (χ4n) is 4.28. The molecular formula is C15H24ClN3O2. The highest BCUT2D eigenvalue weighted by Crippen LogP contribution is 2.44. The van der Waals surface area contributed by atoms with Crippen LogP contribution in [0.3, 0.4) is 0 Å². The van der Waals surface area contributed by atoms with E-state index in [0.717, 1.165) is 45.1 Å². The first-order chi connectivity index (χ1) is 9.67. The summed E-state index contributed by atoms with van der Waals surface area (Å²) in [5.41, 5.74) is 0. The minimum atomic E-state index is -0.220. The maximum atomic E-state index is 12.1. The summed E-state index contributed by atoms with van der Waals surface area (Å²) in [4.78, 5) is 13.9. The van der Waals surface area contributed by atoms with Crippen molar-refractivity contribution in [1.82, 2.24) is 10.2 Å². The van der Waals surface area contributed by atoms with Crippen molar-refractivity contribution in [3.8, 4) is 6.07 Å². The average molecular weight is 314 g/mol. The lowest BCUT2D eigenvalue weighted by Gasteiger charge is -2.21. The van der Waals surface area contributed by atoms with Gasteiger partial charge in [-0.05, 0) is 50.4 Å². The minimum Gasteiger partial charge on any atom is -0.393 e. The molecule has 0 spiro atoms.